The Kier molecular flexibility index (Phi) is 7.87. The monoisotopic (exact) mass is 729 g/mol. The number of carbonyl (C=O) groups excluding carboxylic acids is 2. The van der Waals surface area contributed by atoms with E-state index in [-0.39, 0.29) is 16.9 Å². The molecule has 2 amide bonds. The first-order chi connectivity index (χ1) is 20.9. The van der Waals surface area contributed by atoms with E-state index in [1.165, 1.54) is 18.1 Å². The molecule has 4 aromatic rings. The van der Waals surface area contributed by atoms with Gasteiger partial charge in [0.1, 0.15) is 23.3 Å². The summed E-state index contributed by atoms with van der Waals surface area (Å²) in [7, 11) is 1.49. The Morgan fingerprint density at radius 2 is 2.00 bits per heavy atom. The van der Waals surface area contributed by atoms with Crippen molar-refractivity contribution >= 4 is 57.4 Å². The predicted octanol–water partition coefficient (Wildman–Crippen LogP) is 5.46. The van der Waals surface area contributed by atoms with Gasteiger partial charge in [0.05, 0.1) is 24.5 Å². The SMILES string of the molecule is COc1cc(-n2cnnn2)ccc1NC(=O)[C@@H]1N[C@@H](CC(C)(C)C)[C@@]2(C(=O)Nc3cc(Cl)ccc32)[C@H]1c1cccc(I)c1F. The number of nitrogens with zero attached hydrogens (tertiary/aromatic N) is 4. The molecule has 0 unspecified atom stereocenters. The maximum atomic E-state index is 16.1. The minimum atomic E-state index is -1.31. The van der Waals surface area contributed by atoms with E-state index >= 15 is 4.39 Å². The summed E-state index contributed by atoms with van der Waals surface area (Å²) in [5.74, 6) is -1.74. The topological polar surface area (TPSA) is 123 Å². The lowest BCUT2D eigenvalue weighted by Gasteiger charge is -2.37. The quantitative estimate of drug-likeness (QED) is 0.226. The molecule has 3 N–H and O–H groups in total. The van der Waals surface area contributed by atoms with Gasteiger partial charge < -0.3 is 20.7 Å². The van der Waals surface area contributed by atoms with Crippen molar-refractivity contribution < 1.29 is 18.7 Å². The number of halogens is 3. The molecule has 1 spiro atoms. The van der Waals surface area contributed by atoms with Crippen LogP contribution in [0.3, 0.4) is 0 Å². The van der Waals surface area contributed by atoms with E-state index in [1.807, 2.05) is 28.7 Å². The van der Waals surface area contributed by atoms with E-state index in [2.05, 4.69) is 52.2 Å². The fourth-order valence-electron chi connectivity index (χ4n) is 6.57. The van der Waals surface area contributed by atoms with Crippen LogP contribution < -0.4 is 20.7 Å². The molecule has 3 aromatic carbocycles. The molecule has 0 aliphatic carbocycles. The molecule has 2 aliphatic rings. The zero-order chi connectivity index (χ0) is 31.4. The van der Waals surface area contributed by atoms with Crippen LogP contribution in [0.1, 0.15) is 44.2 Å². The maximum Gasteiger partial charge on any atom is 0.242 e. The van der Waals surface area contributed by atoms with Gasteiger partial charge in [0, 0.05) is 32.3 Å². The summed E-state index contributed by atoms with van der Waals surface area (Å²) < 4.78 is 23.6. The summed E-state index contributed by atoms with van der Waals surface area (Å²) in [5, 5.41) is 21.2. The molecule has 3 heterocycles. The number of nitrogens with one attached hydrogen (secondary N) is 3. The number of anilines is 2. The Morgan fingerprint density at radius 1 is 1.20 bits per heavy atom. The number of benzene rings is 3. The van der Waals surface area contributed by atoms with Gasteiger partial charge in [-0.25, -0.2) is 9.07 Å². The molecule has 44 heavy (non-hydrogen) atoms. The van der Waals surface area contributed by atoms with Gasteiger partial charge in [0.2, 0.25) is 11.8 Å². The van der Waals surface area contributed by atoms with Gasteiger partial charge in [0.25, 0.3) is 0 Å². The van der Waals surface area contributed by atoms with E-state index in [0.29, 0.717) is 43.4 Å². The molecule has 0 bridgehead atoms. The molecule has 10 nitrogen and oxygen atoms in total. The lowest BCUT2D eigenvalue weighted by atomic mass is 9.62. The van der Waals surface area contributed by atoms with Crippen LogP contribution in [0.4, 0.5) is 15.8 Å². The van der Waals surface area contributed by atoms with E-state index in [9.17, 15) is 9.59 Å². The molecule has 6 rings (SSSR count). The number of hydrogen-bond donors (Lipinski definition) is 3. The van der Waals surface area contributed by atoms with Gasteiger partial charge in [-0.05, 0) is 86.3 Å². The number of ether oxygens (including phenoxy) is 1. The average Bonchev–Trinajstić information content (AvgIpc) is 3.68. The Balaban J connectivity index is 1.50. The fraction of sp³-hybridized carbons (Fsp3) is 0.323. The Bertz CT molecular complexity index is 1760. The van der Waals surface area contributed by atoms with Crippen molar-refractivity contribution in [3.05, 3.63) is 86.5 Å². The van der Waals surface area contributed by atoms with Crippen molar-refractivity contribution in [2.75, 3.05) is 17.7 Å². The van der Waals surface area contributed by atoms with Gasteiger partial charge >= 0.3 is 0 Å². The van der Waals surface area contributed by atoms with Crippen LogP contribution in [0.2, 0.25) is 5.02 Å². The van der Waals surface area contributed by atoms with Crippen LogP contribution in [0.15, 0.2) is 60.9 Å². The number of fused-ring (bicyclic) bond motifs is 2. The average molecular weight is 730 g/mol. The normalized spacial score (nSPS) is 22.6. The molecule has 0 radical (unpaired) electrons. The number of methoxy groups -OCH3 is 1. The smallest absolute Gasteiger partial charge is 0.242 e. The second kappa shape index (κ2) is 11.4. The van der Waals surface area contributed by atoms with E-state index in [0.717, 1.165) is 0 Å². The summed E-state index contributed by atoms with van der Waals surface area (Å²) >= 11 is 8.27. The molecule has 1 fully saturated rings. The summed E-state index contributed by atoms with van der Waals surface area (Å²) in [6.07, 6.45) is 1.97. The summed E-state index contributed by atoms with van der Waals surface area (Å²) in [5.41, 5.74) is 0.985. The number of carbonyl (C=O) groups is 2. The zero-order valence-corrected chi connectivity index (χ0v) is 27.3. The fourth-order valence-corrected chi connectivity index (χ4v) is 7.26. The number of amides is 2. The first-order valence-electron chi connectivity index (χ1n) is 14.0. The predicted molar refractivity (Wildman–Crippen MR) is 173 cm³/mol. The van der Waals surface area contributed by atoms with Gasteiger partial charge in [-0.2, -0.15) is 0 Å². The van der Waals surface area contributed by atoms with Gasteiger partial charge in [-0.3, -0.25) is 9.59 Å². The molecule has 228 valence electrons. The van der Waals surface area contributed by atoms with Crippen LogP contribution in [0.5, 0.6) is 5.75 Å². The van der Waals surface area contributed by atoms with Crippen molar-refractivity contribution in [3.63, 3.8) is 0 Å². The number of tetrazole rings is 1. The maximum absolute atomic E-state index is 16.1. The number of aromatic nitrogens is 4. The van der Waals surface area contributed by atoms with Crippen LogP contribution in [-0.4, -0.2) is 51.2 Å². The van der Waals surface area contributed by atoms with Crippen LogP contribution >= 0.6 is 34.2 Å². The van der Waals surface area contributed by atoms with Crippen LogP contribution in [0, 0.1) is 14.8 Å². The van der Waals surface area contributed by atoms with Gasteiger partial charge in [-0.1, -0.05) is 50.6 Å². The minimum absolute atomic E-state index is 0.241. The highest BCUT2D eigenvalue weighted by Gasteiger charge is 2.66. The molecule has 1 aromatic heterocycles. The van der Waals surface area contributed by atoms with Crippen molar-refractivity contribution in [1.29, 1.82) is 0 Å². The van der Waals surface area contributed by atoms with Crippen molar-refractivity contribution in [3.8, 4) is 11.4 Å². The number of hydrogen-bond acceptors (Lipinski definition) is 7. The van der Waals surface area contributed by atoms with Gasteiger partial charge in [-0.15, -0.1) is 5.10 Å². The third kappa shape index (κ3) is 5.12. The second-order valence-corrected chi connectivity index (χ2v) is 13.8. The summed E-state index contributed by atoms with van der Waals surface area (Å²) in [4.78, 5) is 28.7. The lowest BCUT2D eigenvalue weighted by molar-refractivity contribution is -0.122. The molecule has 1 saturated heterocycles. The van der Waals surface area contributed by atoms with Crippen molar-refractivity contribution in [2.24, 2.45) is 5.41 Å². The Labute approximate surface area is 272 Å². The first-order valence-corrected chi connectivity index (χ1v) is 15.4. The largest absolute Gasteiger partial charge is 0.494 e. The zero-order valence-electron chi connectivity index (χ0n) is 24.4. The van der Waals surface area contributed by atoms with Crippen molar-refractivity contribution in [1.82, 2.24) is 25.5 Å². The highest BCUT2D eigenvalue weighted by atomic mass is 127. The third-order valence-electron chi connectivity index (χ3n) is 8.28. The molecule has 4 atom stereocenters. The second-order valence-electron chi connectivity index (χ2n) is 12.2. The van der Waals surface area contributed by atoms with Crippen LogP contribution in [-0.2, 0) is 15.0 Å². The highest BCUT2D eigenvalue weighted by Crippen LogP contribution is 2.57. The standard InChI is InChI=1S/C31H30ClFIN7O3/c1-30(2,3)14-24-31(19-10-8-16(32)12-22(19)37-29(31)43)25(18-6-5-7-20(34)26(18)33)27(38-24)28(42)36-21-11-9-17(13-23(21)44-4)41-15-35-39-40-41/h5-13,15,24-25,27,38H,14H2,1-4H3,(H,36,42)(H,37,43)/t24-,25-,27+,31+/m0/s1. The molecular weight excluding hydrogens is 700 g/mol. The lowest BCUT2D eigenvalue weighted by Crippen LogP contribution is -2.49. The van der Waals surface area contributed by atoms with Crippen molar-refractivity contribution in [2.45, 2.75) is 50.6 Å². The molecule has 0 saturated carbocycles. The molecule has 13 heteroatoms. The van der Waals surface area contributed by atoms with Gasteiger partial charge in [0.15, 0.2) is 0 Å². The van der Waals surface area contributed by atoms with E-state index < -0.39 is 35.1 Å². The first kappa shape index (κ1) is 30.4. The minimum Gasteiger partial charge on any atom is -0.494 e. The van der Waals surface area contributed by atoms with Crippen LogP contribution in [0.25, 0.3) is 5.69 Å². The Hall–Kier alpha value is -3.62. The summed E-state index contributed by atoms with van der Waals surface area (Å²) in [6.45, 7) is 6.22. The Morgan fingerprint density at radius 3 is 2.70 bits per heavy atom. The highest BCUT2D eigenvalue weighted by molar-refractivity contribution is 14.1. The molecule has 2 aliphatic heterocycles. The third-order valence-corrected chi connectivity index (χ3v) is 9.35. The van der Waals surface area contributed by atoms with E-state index in [4.69, 9.17) is 16.3 Å². The molecular formula is C31H30ClFIN7O3. The number of rotatable bonds is 6. The summed E-state index contributed by atoms with van der Waals surface area (Å²) in [6, 6.07) is 13.9. The van der Waals surface area contributed by atoms with E-state index in [1.54, 1.807) is 48.5 Å².